The second-order valence-corrected chi connectivity index (χ2v) is 6.11. The molecule has 0 aliphatic carbocycles. The molecule has 2 heterocycles. The Morgan fingerprint density at radius 2 is 2.06 bits per heavy atom. The first-order valence-corrected chi connectivity index (χ1v) is 6.45. The molecule has 4 nitrogen and oxygen atoms in total. The summed E-state index contributed by atoms with van der Waals surface area (Å²) in [5.74, 6) is 2.23. The third kappa shape index (κ3) is 2.75. The molecule has 0 aromatic carbocycles. The summed E-state index contributed by atoms with van der Waals surface area (Å²) in [6.45, 7) is 8.35. The van der Waals surface area contributed by atoms with Crippen molar-refractivity contribution >= 4 is 5.91 Å². The van der Waals surface area contributed by atoms with Crippen molar-refractivity contribution in [2.45, 2.75) is 40.3 Å². The smallest absolute Gasteiger partial charge is 0.223 e. The minimum Gasteiger partial charge on any atom is -0.463 e. The van der Waals surface area contributed by atoms with Crippen molar-refractivity contribution in [3.8, 4) is 0 Å². The first kappa shape index (κ1) is 13.1. The minimum atomic E-state index is 0.177. The summed E-state index contributed by atoms with van der Waals surface area (Å²) in [6, 6.07) is 3.77. The van der Waals surface area contributed by atoms with Gasteiger partial charge in [0.15, 0.2) is 0 Å². The van der Waals surface area contributed by atoms with Crippen LogP contribution in [0.4, 0.5) is 0 Å². The third-order valence-electron chi connectivity index (χ3n) is 3.70. The lowest BCUT2D eigenvalue weighted by Gasteiger charge is -2.26. The van der Waals surface area contributed by atoms with Crippen molar-refractivity contribution in [3.63, 3.8) is 0 Å². The van der Waals surface area contributed by atoms with E-state index >= 15 is 0 Å². The third-order valence-corrected chi connectivity index (χ3v) is 3.70. The quantitative estimate of drug-likeness (QED) is 0.894. The number of carbonyl (C=O) groups excluding carboxylic acids is 1. The maximum absolute atomic E-state index is 12.0. The largest absolute Gasteiger partial charge is 0.463 e. The fraction of sp³-hybridized carbons (Fsp3) is 0.643. The van der Waals surface area contributed by atoms with E-state index in [-0.39, 0.29) is 11.3 Å². The van der Waals surface area contributed by atoms with Gasteiger partial charge in [-0.05, 0) is 23.5 Å². The van der Waals surface area contributed by atoms with E-state index in [1.807, 2.05) is 17.0 Å². The molecule has 18 heavy (non-hydrogen) atoms. The van der Waals surface area contributed by atoms with Crippen molar-refractivity contribution in [2.75, 3.05) is 6.54 Å². The van der Waals surface area contributed by atoms with Crippen LogP contribution in [0, 0.1) is 11.3 Å². The maximum Gasteiger partial charge on any atom is 0.223 e. The summed E-state index contributed by atoms with van der Waals surface area (Å²) in [4.78, 5) is 13.9. The van der Waals surface area contributed by atoms with Crippen LogP contribution < -0.4 is 5.73 Å². The van der Waals surface area contributed by atoms with E-state index in [1.165, 1.54) is 0 Å². The minimum absolute atomic E-state index is 0.177. The lowest BCUT2D eigenvalue weighted by molar-refractivity contribution is -0.128. The highest BCUT2D eigenvalue weighted by Gasteiger charge is 2.36. The first-order valence-electron chi connectivity index (χ1n) is 6.45. The maximum atomic E-state index is 12.0. The summed E-state index contributed by atoms with van der Waals surface area (Å²) in [6.07, 6.45) is 0.647. The van der Waals surface area contributed by atoms with Crippen LogP contribution in [-0.2, 0) is 17.9 Å². The Morgan fingerprint density at radius 3 is 2.56 bits per heavy atom. The van der Waals surface area contributed by atoms with Gasteiger partial charge < -0.3 is 15.1 Å². The Bertz CT molecular complexity index is 431. The zero-order chi connectivity index (χ0) is 13.3. The van der Waals surface area contributed by atoms with Crippen molar-refractivity contribution in [3.05, 3.63) is 23.7 Å². The van der Waals surface area contributed by atoms with E-state index in [1.54, 1.807) is 0 Å². The lowest BCUT2D eigenvalue weighted by atomic mass is 9.80. The second kappa shape index (κ2) is 4.76. The number of likely N-dealkylation sites (tertiary alicyclic amines) is 1. The fourth-order valence-electron chi connectivity index (χ4n) is 2.31. The molecule has 1 unspecified atom stereocenters. The summed E-state index contributed by atoms with van der Waals surface area (Å²) >= 11 is 0. The van der Waals surface area contributed by atoms with Crippen LogP contribution in [0.2, 0.25) is 0 Å². The number of hydrogen-bond donors (Lipinski definition) is 1. The molecule has 2 rings (SSSR count). The molecular weight excluding hydrogens is 228 g/mol. The van der Waals surface area contributed by atoms with Crippen LogP contribution in [0.3, 0.4) is 0 Å². The molecular formula is C14H22N2O2. The normalized spacial score (nSPS) is 20.8. The Kier molecular flexibility index (Phi) is 3.48. The van der Waals surface area contributed by atoms with Crippen molar-refractivity contribution < 1.29 is 9.21 Å². The Balaban J connectivity index is 2.00. The van der Waals surface area contributed by atoms with E-state index in [0.717, 1.165) is 18.1 Å². The van der Waals surface area contributed by atoms with Crippen molar-refractivity contribution in [1.29, 1.82) is 0 Å². The van der Waals surface area contributed by atoms with Crippen molar-refractivity contribution in [2.24, 2.45) is 17.1 Å². The number of furan rings is 1. The van der Waals surface area contributed by atoms with Crippen molar-refractivity contribution in [1.82, 2.24) is 4.90 Å². The number of carbonyl (C=O) groups is 1. The van der Waals surface area contributed by atoms with Gasteiger partial charge in [0, 0.05) is 13.0 Å². The van der Waals surface area contributed by atoms with Gasteiger partial charge in [0.2, 0.25) is 5.91 Å². The van der Waals surface area contributed by atoms with Crippen LogP contribution in [0.5, 0.6) is 0 Å². The zero-order valence-corrected chi connectivity index (χ0v) is 11.4. The van der Waals surface area contributed by atoms with E-state index in [4.69, 9.17) is 10.2 Å². The summed E-state index contributed by atoms with van der Waals surface area (Å²) < 4.78 is 5.55. The average Bonchev–Trinajstić information content (AvgIpc) is 2.86. The molecule has 0 spiro atoms. The van der Waals surface area contributed by atoms with Gasteiger partial charge in [-0.2, -0.15) is 0 Å². The number of hydrogen-bond acceptors (Lipinski definition) is 3. The summed E-state index contributed by atoms with van der Waals surface area (Å²) in [5, 5.41) is 0. The molecule has 1 aromatic heterocycles. The topological polar surface area (TPSA) is 59.5 Å². The van der Waals surface area contributed by atoms with Gasteiger partial charge in [-0.1, -0.05) is 20.8 Å². The Morgan fingerprint density at radius 1 is 1.39 bits per heavy atom. The van der Waals surface area contributed by atoms with Crippen LogP contribution in [0.1, 0.15) is 38.7 Å². The molecule has 4 heteroatoms. The van der Waals surface area contributed by atoms with Crippen LogP contribution >= 0.6 is 0 Å². The standard InChI is InChI=1S/C14H22N2O2/c1-14(2,3)10-6-13(17)16(8-10)9-12-5-4-11(7-15)18-12/h4-5,10H,6-9,15H2,1-3H3. The molecule has 0 radical (unpaired) electrons. The van der Waals surface area contributed by atoms with Gasteiger partial charge in [-0.3, -0.25) is 4.79 Å². The molecule has 1 aromatic rings. The molecule has 0 bridgehead atoms. The second-order valence-electron chi connectivity index (χ2n) is 6.11. The van der Waals surface area contributed by atoms with Gasteiger partial charge in [0.25, 0.3) is 0 Å². The Hall–Kier alpha value is -1.29. The van der Waals surface area contributed by atoms with E-state index in [0.29, 0.717) is 25.4 Å². The van der Waals surface area contributed by atoms with Crippen LogP contribution in [0.25, 0.3) is 0 Å². The summed E-state index contributed by atoms with van der Waals surface area (Å²) in [7, 11) is 0. The predicted octanol–water partition coefficient (Wildman–Crippen LogP) is 2.13. The summed E-state index contributed by atoms with van der Waals surface area (Å²) in [5.41, 5.74) is 5.68. The lowest BCUT2D eigenvalue weighted by Crippen LogP contribution is -2.27. The molecule has 1 atom stereocenters. The van der Waals surface area contributed by atoms with Gasteiger partial charge in [-0.25, -0.2) is 0 Å². The van der Waals surface area contributed by atoms with E-state index < -0.39 is 0 Å². The molecule has 1 fully saturated rings. The first-order chi connectivity index (χ1) is 8.40. The molecule has 100 valence electrons. The monoisotopic (exact) mass is 250 g/mol. The number of nitrogens with two attached hydrogens (primary N) is 1. The van der Waals surface area contributed by atoms with Crippen LogP contribution in [0.15, 0.2) is 16.5 Å². The molecule has 1 aliphatic rings. The molecule has 1 saturated heterocycles. The highest BCUT2D eigenvalue weighted by atomic mass is 16.3. The number of amides is 1. The number of nitrogens with zero attached hydrogens (tertiary/aromatic N) is 1. The SMILES string of the molecule is CC(C)(C)C1CC(=O)N(Cc2ccc(CN)o2)C1. The number of rotatable bonds is 3. The molecule has 2 N–H and O–H groups in total. The Labute approximate surface area is 108 Å². The molecule has 1 amide bonds. The van der Waals surface area contributed by atoms with Gasteiger partial charge in [0.05, 0.1) is 13.1 Å². The fourth-order valence-corrected chi connectivity index (χ4v) is 2.31. The average molecular weight is 250 g/mol. The van der Waals surface area contributed by atoms with E-state index in [2.05, 4.69) is 20.8 Å². The predicted molar refractivity (Wildman–Crippen MR) is 69.6 cm³/mol. The van der Waals surface area contributed by atoms with Crippen LogP contribution in [-0.4, -0.2) is 17.4 Å². The van der Waals surface area contributed by atoms with Gasteiger partial charge in [-0.15, -0.1) is 0 Å². The zero-order valence-electron chi connectivity index (χ0n) is 11.4. The highest BCUT2D eigenvalue weighted by Crippen LogP contribution is 2.34. The van der Waals surface area contributed by atoms with Gasteiger partial charge >= 0.3 is 0 Å². The molecule has 1 aliphatic heterocycles. The van der Waals surface area contributed by atoms with Gasteiger partial charge in [0.1, 0.15) is 11.5 Å². The molecule has 0 saturated carbocycles. The highest BCUT2D eigenvalue weighted by molar-refractivity contribution is 5.78. The van der Waals surface area contributed by atoms with E-state index in [9.17, 15) is 4.79 Å².